The van der Waals surface area contributed by atoms with Crippen molar-refractivity contribution in [2.75, 3.05) is 13.1 Å². The number of nitrogens with zero attached hydrogens (tertiary/aromatic N) is 3. The number of likely N-dealkylation sites (tertiary alicyclic amines) is 1. The fourth-order valence-electron chi connectivity index (χ4n) is 4.19. The maximum absolute atomic E-state index is 13.1. The molecule has 2 N–H and O–H groups in total. The first-order valence-electron chi connectivity index (χ1n) is 9.73. The van der Waals surface area contributed by atoms with Crippen LogP contribution in [0.3, 0.4) is 0 Å². The topological polar surface area (TPSA) is 85.3 Å². The first-order valence-corrected chi connectivity index (χ1v) is 9.73. The molecule has 1 saturated heterocycles. The van der Waals surface area contributed by atoms with Crippen LogP contribution in [-0.4, -0.2) is 39.6 Å². The molecule has 2 fully saturated rings. The molecule has 27 heavy (non-hydrogen) atoms. The molecule has 4 rings (SSSR count). The first-order chi connectivity index (χ1) is 13.0. The molecule has 7 heteroatoms. The molecule has 0 spiro atoms. The Balaban J connectivity index is 1.47. The molecular weight excluding hydrogens is 347 g/mol. The van der Waals surface area contributed by atoms with Crippen LogP contribution in [0.4, 0.5) is 4.39 Å². The highest BCUT2D eigenvalue weighted by Gasteiger charge is 2.40. The van der Waals surface area contributed by atoms with Gasteiger partial charge in [0.05, 0.1) is 11.5 Å². The highest BCUT2D eigenvalue weighted by atomic mass is 19.1. The van der Waals surface area contributed by atoms with Gasteiger partial charge in [0.25, 0.3) is 0 Å². The second-order valence-corrected chi connectivity index (χ2v) is 7.77. The van der Waals surface area contributed by atoms with Crippen LogP contribution < -0.4 is 5.73 Å². The predicted octanol–water partition coefficient (Wildman–Crippen LogP) is 3.24. The molecule has 2 heterocycles. The lowest BCUT2D eigenvalue weighted by Gasteiger charge is -2.39. The highest BCUT2D eigenvalue weighted by Crippen LogP contribution is 2.32. The Morgan fingerprint density at radius 3 is 2.67 bits per heavy atom. The predicted molar refractivity (Wildman–Crippen MR) is 98.3 cm³/mol. The summed E-state index contributed by atoms with van der Waals surface area (Å²) in [5, 5.41) is 4.03. The quantitative estimate of drug-likeness (QED) is 0.894. The van der Waals surface area contributed by atoms with Gasteiger partial charge in [0, 0.05) is 18.7 Å². The molecule has 6 nitrogen and oxygen atoms in total. The van der Waals surface area contributed by atoms with E-state index in [1.54, 1.807) is 12.1 Å². The number of rotatable bonds is 3. The zero-order valence-corrected chi connectivity index (χ0v) is 15.4. The van der Waals surface area contributed by atoms with E-state index in [0.29, 0.717) is 23.8 Å². The Morgan fingerprint density at radius 2 is 1.93 bits per heavy atom. The Morgan fingerprint density at radius 1 is 1.19 bits per heavy atom. The Kier molecular flexibility index (Phi) is 4.95. The first kappa shape index (κ1) is 18.1. The van der Waals surface area contributed by atoms with Gasteiger partial charge in [-0.1, -0.05) is 24.4 Å². The molecule has 144 valence electrons. The summed E-state index contributed by atoms with van der Waals surface area (Å²) in [6.45, 7) is 1.29. The molecule has 1 aromatic heterocycles. The number of piperidine rings is 1. The van der Waals surface area contributed by atoms with Crippen LogP contribution in [0.15, 0.2) is 28.8 Å². The monoisotopic (exact) mass is 372 g/mol. The van der Waals surface area contributed by atoms with E-state index in [1.165, 1.54) is 12.1 Å². The summed E-state index contributed by atoms with van der Waals surface area (Å²) >= 11 is 0. The fraction of sp³-hybridized carbons (Fsp3) is 0.550. The normalized spacial score (nSPS) is 22.6. The number of hydrogen-bond acceptors (Lipinski definition) is 5. The van der Waals surface area contributed by atoms with Crippen molar-refractivity contribution in [1.82, 2.24) is 15.0 Å². The van der Waals surface area contributed by atoms with E-state index in [4.69, 9.17) is 10.3 Å². The van der Waals surface area contributed by atoms with E-state index in [2.05, 4.69) is 10.1 Å². The minimum absolute atomic E-state index is 0.0107. The van der Waals surface area contributed by atoms with Gasteiger partial charge >= 0.3 is 0 Å². The van der Waals surface area contributed by atoms with Crippen LogP contribution in [0.5, 0.6) is 0 Å². The third kappa shape index (κ3) is 3.74. The van der Waals surface area contributed by atoms with Crippen LogP contribution >= 0.6 is 0 Å². The second kappa shape index (κ2) is 7.38. The van der Waals surface area contributed by atoms with E-state index in [-0.39, 0.29) is 17.6 Å². The molecule has 0 radical (unpaired) electrons. The van der Waals surface area contributed by atoms with Crippen LogP contribution in [0.1, 0.15) is 56.8 Å². The molecule has 1 amide bonds. The molecule has 1 atom stereocenters. The average Bonchev–Trinajstić information content (AvgIpc) is 3.19. The maximum Gasteiger partial charge on any atom is 0.242 e. The summed E-state index contributed by atoms with van der Waals surface area (Å²) in [5.74, 6) is 0.738. The number of halogens is 1. The van der Waals surface area contributed by atoms with Gasteiger partial charge in [-0.2, -0.15) is 4.98 Å². The van der Waals surface area contributed by atoms with Crippen molar-refractivity contribution in [2.45, 2.75) is 56.4 Å². The van der Waals surface area contributed by atoms with Gasteiger partial charge in [0.2, 0.25) is 17.6 Å². The Bertz CT molecular complexity index is 799. The third-order valence-electron chi connectivity index (χ3n) is 5.77. The molecule has 1 aromatic carbocycles. The van der Waals surface area contributed by atoms with Gasteiger partial charge < -0.3 is 15.2 Å². The summed E-state index contributed by atoms with van der Waals surface area (Å²) in [4.78, 5) is 19.4. The van der Waals surface area contributed by atoms with Crippen molar-refractivity contribution in [1.29, 1.82) is 0 Å². The Hall–Kier alpha value is -2.28. The fourth-order valence-corrected chi connectivity index (χ4v) is 4.19. The van der Waals surface area contributed by atoms with Gasteiger partial charge in [-0.05, 0) is 49.9 Å². The summed E-state index contributed by atoms with van der Waals surface area (Å²) in [7, 11) is 0. The zero-order chi connectivity index (χ0) is 18.9. The molecule has 2 aromatic rings. The van der Waals surface area contributed by atoms with Crippen molar-refractivity contribution in [3.05, 3.63) is 36.0 Å². The summed E-state index contributed by atoms with van der Waals surface area (Å²) in [6.07, 6.45) is 6.51. The lowest BCUT2D eigenvalue weighted by atomic mass is 9.81. The number of nitrogens with two attached hydrogens (primary N) is 1. The van der Waals surface area contributed by atoms with Gasteiger partial charge in [0.15, 0.2) is 0 Å². The number of amides is 1. The van der Waals surface area contributed by atoms with Crippen molar-refractivity contribution < 1.29 is 13.7 Å². The van der Waals surface area contributed by atoms with E-state index >= 15 is 0 Å². The second-order valence-electron chi connectivity index (χ2n) is 7.77. The molecular formula is C20H25FN4O2. The van der Waals surface area contributed by atoms with E-state index in [9.17, 15) is 9.18 Å². The zero-order valence-electron chi connectivity index (χ0n) is 15.4. The number of benzene rings is 1. The number of carbonyl (C=O) groups is 1. The minimum atomic E-state index is -0.714. The van der Waals surface area contributed by atoms with Crippen molar-refractivity contribution in [2.24, 2.45) is 5.73 Å². The van der Waals surface area contributed by atoms with Gasteiger partial charge in [-0.3, -0.25) is 4.79 Å². The van der Waals surface area contributed by atoms with Gasteiger partial charge in [0.1, 0.15) is 5.82 Å². The standard InChI is InChI=1S/C20H25FN4O2/c21-16-8-6-14(7-9-16)17-23-18(27-24-17)15-5-4-12-25(13-15)19(26)20(22)10-2-1-3-11-20/h6-9,15H,1-5,10-13,22H2. The SMILES string of the molecule is NC1(C(=O)N2CCCC(c3nc(-c4ccc(F)cc4)no3)C2)CCCCC1. The lowest BCUT2D eigenvalue weighted by molar-refractivity contribution is -0.139. The molecule has 1 aliphatic heterocycles. The van der Waals surface area contributed by atoms with E-state index in [0.717, 1.165) is 51.5 Å². The average molecular weight is 372 g/mol. The minimum Gasteiger partial charge on any atom is -0.340 e. The van der Waals surface area contributed by atoms with Crippen LogP contribution in [0.2, 0.25) is 0 Å². The summed E-state index contributed by atoms with van der Waals surface area (Å²) in [6, 6.07) is 6.00. The van der Waals surface area contributed by atoms with E-state index < -0.39 is 5.54 Å². The van der Waals surface area contributed by atoms with Crippen LogP contribution in [-0.2, 0) is 4.79 Å². The summed E-state index contributed by atoms with van der Waals surface area (Å²) in [5.41, 5.74) is 6.43. The smallest absolute Gasteiger partial charge is 0.242 e. The number of carbonyl (C=O) groups excluding carboxylic acids is 1. The van der Waals surface area contributed by atoms with Crippen LogP contribution in [0.25, 0.3) is 11.4 Å². The summed E-state index contributed by atoms with van der Waals surface area (Å²) < 4.78 is 18.6. The van der Waals surface area contributed by atoms with Crippen LogP contribution in [0, 0.1) is 5.82 Å². The molecule has 1 aliphatic carbocycles. The van der Waals surface area contributed by atoms with Gasteiger partial charge in [-0.25, -0.2) is 4.39 Å². The number of aromatic nitrogens is 2. The molecule has 1 unspecified atom stereocenters. The van der Waals surface area contributed by atoms with Gasteiger partial charge in [-0.15, -0.1) is 0 Å². The Labute approximate surface area is 157 Å². The number of hydrogen-bond donors (Lipinski definition) is 1. The van der Waals surface area contributed by atoms with Crippen molar-refractivity contribution in [3.8, 4) is 11.4 Å². The lowest BCUT2D eigenvalue weighted by Crippen LogP contribution is -2.57. The third-order valence-corrected chi connectivity index (χ3v) is 5.77. The highest BCUT2D eigenvalue weighted by molar-refractivity contribution is 5.86. The molecule has 1 saturated carbocycles. The van der Waals surface area contributed by atoms with E-state index in [1.807, 2.05) is 4.90 Å². The molecule has 2 aliphatic rings. The van der Waals surface area contributed by atoms with Crippen molar-refractivity contribution >= 4 is 5.91 Å². The largest absolute Gasteiger partial charge is 0.340 e. The van der Waals surface area contributed by atoms with Crippen molar-refractivity contribution in [3.63, 3.8) is 0 Å². The molecule has 0 bridgehead atoms. The maximum atomic E-state index is 13.1.